The van der Waals surface area contributed by atoms with E-state index in [-0.39, 0.29) is 11.9 Å². The highest BCUT2D eigenvalue weighted by Crippen LogP contribution is 2.30. The average molecular weight is 268 g/mol. The first-order chi connectivity index (χ1) is 7.09. The van der Waals surface area contributed by atoms with Crippen LogP contribution >= 0.6 is 15.9 Å². The van der Waals surface area contributed by atoms with Crippen molar-refractivity contribution in [3.8, 4) is 0 Å². The minimum absolute atomic E-state index is 0.163. The Morgan fingerprint density at radius 3 is 2.93 bits per heavy atom. The molecule has 0 saturated carbocycles. The van der Waals surface area contributed by atoms with E-state index in [2.05, 4.69) is 35.0 Å². The van der Waals surface area contributed by atoms with Gasteiger partial charge < -0.3 is 4.90 Å². The summed E-state index contributed by atoms with van der Waals surface area (Å²) in [7, 11) is 0. The van der Waals surface area contributed by atoms with Crippen molar-refractivity contribution in [3.63, 3.8) is 0 Å². The highest BCUT2D eigenvalue weighted by atomic mass is 79.9. The van der Waals surface area contributed by atoms with E-state index in [0.29, 0.717) is 0 Å². The molecular formula is C12H14BrNO. The third kappa shape index (κ3) is 1.93. The Bertz CT molecular complexity index is 403. The molecule has 1 aliphatic heterocycles. The Hall–Kier alpha value is -0.830. The lowest BCUT2D eigenvalue weighted by atomic mass is 9.94. The monoisotopic (exact) mass is 267 g/mol. The van der Waals surface area contributed by atoms with Crippen molar-refractivity contribution in [2.24, 2.45) is 0 Å². The van der Waals surface area contributed by atoms with Gasteiger partial charge in [0.15, 0.2) is 0 Å². The number of hydrogen-bond donors (Lipinski definition) is 0. The summed E-state index contributed by atoms with van der Waals surface area (Å²) in [5, 5.41) is 0. The third-order valence-electron chi connectivity index (χ3n) is 3.05. The summed E-state index contributed by atoms with van der Waals surface area (Å²) in [6.45, 7) is 4.56. The molecule has 0 saturated heterocycles. The first-order valence-corrected chi connectivity index (χ1v) is 5.94. The first kappa shape index (κ1) is 10.7. The highest BCUT2D eigenvalue weighted by Gasteiger charge is 2.25. The molecule has 0 spiro atoms. The number of hydrogen-bond acceptors (Lipinski definition) is 1. The fourth-order valence-electron chi connectivity index (χ4n) is 2.23. The SMILES string of the molecule is CC(=O)N1CCc2cc(Br)ccc2C1C. The van der Waals surface area contributed by atoms with Crippen LogP contribution in [0.2, 0.25) is 0 Å². The van der Waals surface area contributed by atoms with Crippen LogP contribution in [0.5, 0.6) is 0 Å². The van der Waals surface area contributed by atoms with Crippen LogP contribution in [0.1, 0.15) is 31.0 Å². The maximum absolute atomic E-state index is 11.4. The van der Waals surface area contributed by atoms with Crippen molar-refractivity contribution >= 4 is 21.8 Å². The minimum atomic E-state index is 0.163. The minimum Gasteiger partial charge on any atom is -0.336 e. The van der Waals surface area contributed by atoms with Gasteiger partial charge in [-0.1, -0.05) is 22.0 Å². The average Bonchev–Trinajstić information content (AvgIpc) is 2.17. The van der Waals surface area contributed by atoms with E-state index in [0.717, 1.165) is 17.4 Å². The molecule has 0 aromatic heterocycles. The van der Waals surface area contributed by atoms with E-state index >= 15 is 0 Å². The van der Waals surface area contributed by atoms with Gasteiger partial charge in [0.2, 0.25) is 5.91 Å². The van der Waals surface area contributed by atoms with E-state index < -0.39 is 0 Å². The number of rotatable bonds is 0. The van der Waals surface area contributed by atoms with Crippen LogP contribution in [0.25, 0.3) is 0 Å². The van der Waals surface area contributed by atoms with E-state index in [4.69, 9.17) is 0 Å². The molecule has 2 rings (SSSR count). The van der Waals surface area contributed by atoms with E-state index in [1.807, 2.05) is 11.0 Å². The normalized spacial score (nSPS) is 19.9. The van der Waals surface area contributed by atoms with Crippen molar-refractivity contribution < 1.29 is 4.79 Å². The Morgan fingerprint density at radius 2 is 2.27 bits per heavy atom. The fourth-order valence-corrected chi connectivity index (χ4v) is 2.64. The van der Waals surface area contributed by atoms with Crippen LogP contribution in [0.4, 0.5) is 0 Å². The predicted molar refractivity (Wildman–Crippen MR) is 63.6 cm³/mol. The van der Waals surface area contributed by atoms with Crippen LogP contribution in [0.15, 0.2) is 22.7 Å². The van der Waals surface area contributed by atoms with Gasteiger partial charge in [0, 0.05) is 17.9 Å². The molecule has 1 aliphatic rings. The zero-order chi connectivity index (χ0) is 11.0. The molecule has 1 unspecified atom stereocenters. The lowest BCUT2D eigenvalue weighted by Gasteiger charge is -2.34. The number of amides is 1. The second-order valence-electron chi connectivity index (χ2n) is 3.98. The van der Waals surface area contributed by atoms with Gasteiger partial charge in [-0.15, -0.1) is 0 Å². The topological polar surface area (TPSA) is 20.3 Å². The molecule has 0 aliphatic carbocycles. The van der Waals surface area contributed by atoms with E-state index in [1.165, 1.54) is 11.1 Å². The molecular weight excluding hydrogens is 254 g/mol. The first-order valence-electron chi connectivity index (χ1n) is 5.15. The van der Waals surface area contributed by atoms with Gasteiger partial charge >= 0.3 is 0 Å². The van der Waals surface area contributed by atoms with Crippen molar-refractivity contribution in [2.45, 2.75) is 26.3 Å². The summed E-state index contributed by atoms with van der Waals surface area (Å²) in [5.74, 6) is 0.163. The molecule has 3 heteroatoms. The molecule has 0 bridgehead atoms. The second kappa shape index (κ2) is 3.97. The van der Waals surface area contributed by atoms with Gasteiger partial charge in [-0.3, -0.25) is 4.79 Å². The molecule has 1 atom stereocenters. The van der Waals surface area contributed by atoms with Crippen molar-refractivity contribution in [1.82, 2.24) is 4.90 Å². The van der Waals surface area contributed by atoms with Crippen molar-refractivity contribution in [1.29, 1.82) is 0 Å². The third-order valence-corrected chi connectivity index (χ3v) is 3.54. The number of benzene rings is 1. The molecule has 15 heavy (non-hydrogen) atoms. The quantitative estimate of drug-likeness (QED) is 0.708. The number of halogens is 1. The summed E-state index contributed by atoms with van der Waals surface area (Å²) < 4.78 is 1.12. The Kier molecular flexibility index (Phi) is 2.83. The largest absolute Gasteiger partial charge is 0.336 e. The smallest absolute Gasteiger partial charge is 0.219 e. The van der Waals surface area contributed by atoms with Gasteiger partial charge in [-0.05, 0) is 36.6 Å². The number of carbonyl (C=O) groups excluding carboxylic acids is 1. The molecule has 1 aromatic carbocycles. The molecule has 0 fully saturated rings. The van der Waals surface area contributed by atoms with Crippen LogP contribution < -0.4 is 0 Å². The van der Waals surface area contributed by atoms with Gasteiger partial charge in [0.05, 0.1) is 6.04 Å². The Labute approximate surface area is 98.4 Å². The summed E-state index contributed by atoms with van der Waals surface area (Å²) in [6.07, 6.45) is 0.957. The van der Waals surface area contributed by atoms with Gasteiger partial charge in [0.1, 0.15) is 0 Å². The zero-order valence-electron chi connectivity index (χ0n) is 8.96. The lowest BCUT2D eigenvalue weighted by molar-refractivity contribution is -0.131. The fraction of sp³-hybridized carbons (Fsp3) is 0.417. The van der Waals surface area contributed by atoms with Gasteiger partial charge in [0.25, 0.3) is 0 Å². The van der Waals surface area contributed by atoms with E-state index in [9.17, 15) is 4.79 Å². The number of fused-ring (bicyclic) bond motifs is 1. The lowest BCUT2D eigenvalue weighted by Crippen LogP contribution is -2.37. The molecule has 1 amide bonds. The van der Waals surface area contributed by atoms with Gasteiger partial charge in [-0.25, -0.2) is 0 Å². The second-order valence-corrected chi connectivity index (χ2v) is 4.90. The van der Waals surface area contributed by atoms with Crippen LogP contribution in [0.3, 0.4) is 0 Å². The molecule has 80 valence electrons. The van der Waals surface area contributed by atoms with Crippen LogP contribution in [-0.4, -0.2) is 17.4 Å². The Balaban J connectivity index is 2.38. The summed E-state index contributed by atoms with van der Waals surface area (Å²) in [6, 6.07) is 6.51. The summed E-state index contributed by atoms with van der Waals surface area (Å²) in [5.41, 5.74) is 2.63. The molecule has 0 radical (unpaired) electrons. The van der Waals surface area contributed by atoms with Crippen LogP contribution in [-0.2, 0) is 11.2 Å². The standard InChI is InChI=1S/C12H14BrNO/c1-8-12-4-3-11(13)7-10(12)5-6-14(8)9(2)15/h3-4,7-8H,5-6H2,1-2H3. The number of nitrogens with zero attached hydrogens (tertiary/aromatic N) is 1. The molecule has 2 nitrogen and oxygen atoms in total. The zero-order valence-corrected chi connectivity index (χ0v) is 10.5. The highest BCUT2D eigenvalue weighted by molar-refractivity contribution is 9.10. The van der Waals surface area contributed by atoms with Crippen molar-refractivity contribution in [2.75, 3.05) is 6.54 Å². The molecule has 0 N–H and O–H groups in total. The maximum Gasteiger partial charge on any atom is 0.219 e. The summed E-state index contributed by atoms with van der Waals surface area (Å²) >= 11 is 3.47. The number of carbonyl (C=O) groups is 1. The maximum atomic E-state index is 11.4. The summed E-state index contributed by atoms with van der Waals surface area (Å²) in [4.78, 5) is 13.3. The van der Waals surface area contributed by atoms with Gasteiger partial charge in [-0.2, -0.15) is 0 Å². The van der Waals surface area contributed by atoms with Crippen molar-refractivity contribution in [3.05, 3.63) is 33.8 Å². The van der Waals surface area contributed by atoms with E-state index in [1.54, 1.807) is 6.92 Å². The Morgan fingerprint density at radius 1 is 1.53 bits per heavy atom. The predicted octanol–water partition coefficient (Wildman–Crippen LogP) is 2.91. The molecule has 1 aromatic rings. The van der Waals surface area contributed by atoms with Crippen LogP contribution in [0, 0.1) is 0 Å². The molecule has 1 heterocycles.